The summed E-state index contributed by atoms with van der Waals surface area (Å²) in [7, 11) is 0. The zero-order valence-electron chi connectivity index (χ0n) is 11.1. The Morgan fingerprint density at radius 2 is 2.33 bits per heavy atom. The van der Waals surface area contributed by atoms with Crippen molar-refractivity contribution in [3.63, 3.8) is 0 Å². The van der Waals surface area contributed by atoms with Crippen molar-refractivity contribution in [2.24, 2.45) is 0 Å². The molecule has 0 amide bonds. The van der Waals surface area contributed by atoms with Gasteiger partial charge in [0.1, 0.15) is 5.82 Å². The molecule has 2 aromatic rings. The van der Waals surface area contributed by atoms with Gasteiger partial charge in [-0.15, -0.1) is 23.4 Å². The first kappa shape index (κ1) is 14.4. The predicted molar refractivity (Wildman–Crippen MR) is 82.4 cm³/mol. The Kier molecular flexibility index (Phi) is 4.12. The number of Topliss-reactive ketones (excluding diaryl/α,β-unsaturated/α-hetero) is 1. The number of thioether (sulfide) groups is 1. The monoisotopic (exact) mass is 322 g/mol. The van der Waals surface area contributed by atoms with Crippen LogP contribution in [0.4, 0.5) is 4.39 Å². The van der Waals surface area contributed by atoms with E-state index in [0.29, 0.717) is 29.3 Å². The maximum Gasteiger partial charge on any atom is 0.191 e. The first-order valence-electron chi connectivity index (χ1n) is 6.43. The number of halogens is 2. The summed E-state index contributed by atoms with van der Waals surface area (Å²) in [4.78, 5) is 13.2. The molecule has 0 fully saturated rings. The van der Waals surface area contributed by atoms with E-state index >= 15 is 0 Å². The number of rotatable bonds is 3. The molecular weight excluding hydrogens is 311 g/mol. The average Bonchev–Trinajstić information content (AvgIpc) is 2.90. The van der Waals surface area contributed by atoms with E-state index in [-0.39, 0.29) is 11.6 Å². The minimum Gasteiger partial charge on any atom is -0.289 e. The van der Waals surface area contributed by atoms with Crippen LogP contribution in [-0.2, 0) is 6.54 Å². The summed E-state index contributed by atoms with van der Waals surface area (Å²) in [6.45, 7) is 0.626. The van der Waals surface area contributed by atoms with Crippen LogP contribution < -0.4 is 0 Å². The van der Waals surface area contributed by atoms with Crippen molar-refractivity contribution in [2.45, 2.75) is 11.4 Å². The Morgan fingerprint density at radius 1 is 1.48 bits per heavy atom. The summed E-state index contributed by atoms with van der Waals surface area (Å²) in [6.07, 6.45) is 5.34. The number of aromatic nitrogens is 2. The maximum atomic E-state index is 13.3. The third kappa shape index (κ3) is 3.04. The summed E-state index contributed by atoms with van der Waals surface area (Å²) in [5, 5.41) is 4.16. The van der Waals surface area contributed by atoms with Gasteiger partial charge < -0.3 is 0 Å². The summed E-state index contributed by atoms with van der Waals surface area (Å²) in [5.74, 6) is 0.560. The van der Waals surface area contributed by atoms with E-state index in [9.17, 15) is 9.18 Å². The zero-order valence-corrected chi connectivity index (χ0v) is 12.6. The van der Waals surface area contributed by atoms with Gasteiger partial charge in [0.15, 0.2) is 5.78 Å². The zero-order chi connectivity index (χ0) is 14.8. The number of nitrogens with zero attached hydrogens (tertiary/aromatic N) is 2. The molecule has 1 aromatic carbocycles. The van der Waals surface area contributed by atoms with Gasteiger partial charge in [-0.2, -0.15) is 5.10 Å². The number of aryl methyl sites for hydroxylation is 1. The second-order valence-electron chi connectivity index (χ2n) is 4.65. The SMILES string of the molecule is O=C1/C(=C\c2cnn(CCCl)c2)CSc2ccc(F)cc21. The highest BCUT2D eigenvalue weighted by atomic mass is 35.5. The van der Waals surface area contributed by atoms with Gasteiger partial charge in [-0.3, -0.25) is 9.48 Å². The number of alkyl halides is 1. The van der Waals surface area contributed by atoms with Crippen LogP contribution >= 0.6 is 23.4 Å². The first-order valence-corrected chi connectivity index (χ1v) is 7.95. The van der Waals surface area contributed by atoms with Gasteiger partial charge in [0.2, 0.25) is 0 Å². The smallest absolute Gasteiger partial charge is 0.191 e. The van der Waals surface area contributed by atoms with Gasteiger partial charge in [-0.1, -0.05) is 0 Å². The highest BCUT2D eigenvalue weighted by Crippen LogP contribution is 2.33. The molecule has 0 saturated carbocycles. The van der Waals surface area contributed by atoms with Crippen molar-refractivity contribution in [3.8, 4) is 0 Å². The molecule has 1 aliphatic heterocycles. The van der Waals surface area contributed by atoms with E-state index in [4.69, 9.17) is 11.6 Å². The van der Waals surface area contributed by atoms with Crippen molar-refractivity contribution in [1.29, 1.82) is 0 Å². The lowest BCUT2D eigenvalue weighted by molar-refractivity contribution is 0.103. The van der Waals surface area contributed by atoms with Crippen molar-refractivity contribution in [1.82, 2.24) is 9.78 Å². The maximum absolute atomic E-state index is 13.3. The normalized spacial score (nSPS) is 16.3. The van der Waals surface area contributed by atoms with Crippen molar-refractivity contribution in [2.75, 3.05) is 11.6 Å². The van der Waals surface area contributed by atoms with E-state index in [1.165, 1.54) is 12.1 Å². The van der Waals surface area contributed by atoms with E-state index in [2.05, 4.69) is 5.10 Å². The van der Waals surface area contributed by atoms with Crippen LogP contribution in [0.1, 0.15) is 15.9 Å². The fourth-order valence-electron chi connectivity index (χ4n) is 2.17. The van der Waals surface area contributed by atoms with Gasteiger partial charge in [0.05, 0.1) is 12.7 Å². The summed E-state index contributed by atoms with van der Waals surface area (Å²) < 4.78 is 15.0. The number of fused-ring (bicyclic) bond motifs is 1. The van der Waals surface area contributed by atoms with Gasteiger partial charge in [-0.25, -0.2) is 4.39 Å². The quantitative estimate of drug-likeness (QED) is 0.639. The van der Waals surface area contributed by atoms with Crippen molar-refractivity contribution in [3.05, 3.63) is 53.1 Å². The molecule has 3 rings (SSSR count). The highest BCUT2D eigenvalue weighted by Gasteiger charge is 2.23. The van der Waals surface area contributed by atoms with Crippen LogP contribution in [0.15, 0.2) is 41.1 Å². The lowest BCUT2D eigenvalue weighted by atomic mass is 10.0. The molecule has 0 bridgehead atoms. The number of benzene rings is 1. The van der Waals surface area contributed by atoms with Crippen LogP contribution in [0.3, 0.4) is 0 Å². The van der Waals surface area contributed by atoms with Crippen molar-refractivity contribution >= 4 is 35.2 Å². The van der Waals surface area contributed by atoms with E-state index in [1.807, 2.05) is 6.20 Å². The van der Waals surface area contributed by atoms with Gasteiger partial charge in [0.25, 0.3) is 0 Å². The molecule has 6 heteroatoms. The lowest BCUT2D eigenvalue weighted by Gasteiger charge is -2.16. The second kappa shape index (κ2) is 6.03. The third-order valence-electron chi connectivity index (χ3n) is 3.17. The molecule has 1 aliphatic rings. The minimum atomic E-state index is -0.390. The molecule has 0 N–H and O–H groups in total. The molecule has 0 spiro atoms. The molecule has 2 heterocycles. The lowest BCUT2D eigenvalue weighted by Crippen LogP contribution is -2.12. The van der Waals surface area contributed by atoms with Crippen molar-refractivity contribution < 1.29 is 9.18 Å². The van der Waals surface area contributed by atoms with E-state index in [0.717, 1.165) is 10.5 Å². The number of hydrogen-bond donors (Lipinski definition) is 0. The van der Waals surface area contributed by atoms with Crippen LogP contribution in [0.2, 0.25) is 0 Å². The Hall–Kier alpha value is -1.59. The van der Waals surface area contributed by atoms with Gasteiger partial charge in [0, 0.05) is 39.4 Å². The predicted octanol–water partition coefficient (Wildman–Crippen LogP) is 3.63. The van der Waals surface area contributed by atoms with Crippen LogP contribution in [0.25, 0.3) is 6.08 Å². The Bertz CT molecular complexity index is 726. The topological polar surface area (TPSA) is 34.9 Å². The minimum absolute atomic E-state index is 0.117. The molecule has 0 unspecified atom stereocenters. The Morgan fingerprint density at radius 3 is 3.14 bits per heavy atom. The number of carbonyl (C=O) groups excluding carboxylic acids is 1. The summed E-state index contributed by atoms with van der Waals surface area (Å²) >= 11 is 7.20. The largest absolute Gasteiger partial charge is 0.289 e. The Balaban J connectivity index is 1.89. The van der Waals surface area contributed by atoms with E-state index in [1.54, 1.807) is 34.8 Å². The summed E-state index contributed by atoms with van der Waals surface area (Å²) in [5.41, 5.74) is 1.94. The molecule has 0 radical (unpaired) electrons. The van der Waals surface area contributed by atoms with Crippen LogP contribution in [0, 0.1) is 5.82 Å². The molecule has 108 valence electrons. The average molecular weight is 323 g/mol. The summed E-state index contributed by atoms with van der Waals surface area (Å²) in [6, 6.07) is 4.33. The number of ketones is 1. The molecule has 0 atom stereocenters. The molecular formula is C15H12ClFN2OS. The fraction of sp³-hybridized carbons (Fsp3) is 0.200. The van der Waals surface area contributed by atoms with E-state index < -0.39 is 0 Å². The molecule has 1 aromatic heterocycles. The Labute approximate surface area is 130 Å². The third-order valence-corrected chi connectivity index (χ3v) is 4.46. The molecule has 21 heavy (non-hydrogen) atoms. The standard InChI is InChI=1S/C15H12ClFN2OS/c16-3-4-19-8-10(7-18-19)5-11-9-21-14-2-1-12(17)6-13(14)15(11)20/h1-2,5-8H,3-4,9H2/b11-5-. The second-order valence-corrected chi connectivity index (χ2v) is 6.05. The van der Waals surface area contributed by atoms with Gasteiger partial charge in [-0.05, 0) is 24.3 Å². The molecule has 0 aliphatic carbocycles. The number of carbonyl (C=O) groups is 1. The first-order chi connectivity index (χ1) is 10.2. The molecule has 0 saturated heterocycles. The highest BCUT2D eigenvalue weighted by molar-refractivity contribution is 7.99. The number of hydrogen-bond acceptors (Lipinski definition) is 3. The van der Waals surface area contributed by atoms with Gasteiger partial charge >= 0.3 is 0 Å². The fourth-order valence-corrected chi connectivity index (χ4v) is 3.34. The van der Waals surface area contributed by atoms with Crippen LogP contribution in [0.5, 0.6) is 0 Å². The molecule has 3 nitrogen and oxygen atoms in total. The van der Waals surface area contributed by atoms with Crippen LogP contribution in [-0.4, -0.2) is 27.2 Å².